The summed E-state index contributed by atoms with van der Waals surface area (Å²) in [6, 6.07) is 0. The molecule has 0 heterocycles. The highest BCUT2D eigenvalue weighted by atomic mass is 16.5. The summed E-state index contributed by atoms with van der Waals surface area (Å²) in [6.45, 7) is 7.04. The van der Waals surface area contributed by atoms with Crippen LogP contribution in [0, 0.1) is 0 Å². The lowest BCUT2D eigenvalue weighted by atomic mass is 10.2. The van der Waals surface area contributed by atoms with Crippen LogP contribution in [-0.2, 0) is 23.9 Å². The molecular weight excluding hydrogens is 236 g/mol. The van der Waals surface area contributed by atoms with Crippen LogP contribution < -0.4 is 0 Å². The molecular formula is C13H20O5. The lowest BCUT2D eigenvalue weighted by molar-refractivity contribution is -0.145. The number of Topliss-reactive ketones (excluding diaryl/α,β-unsaturated/α-hetero) is 1. The number of hydrogen-bond acceptors (Lipinski definition) is 5. The normalized spacial score (nSPS) is 9.67. The van der Waals surface area contributed by atoms with E-state index in [1.54, 1.807) is 6.92 Å². The fourth-order valence-corrected chi connectivity index (χ4v) is 1.11. The van der Waals surface area contributed by atoms with E-state index in [0.717, 1.165) is 6.42 Å². The Morgan fingerprint density at radius 3 is 2.00 bits per heavy atom. The van der Waals surface area contributed by atoms with E-state index >= 15 is 0 Å². The van der Waals surface area contributed by atoms with Gasteiger partial charge in [0.15, 0.2) is 0 Å². The van der Waals surface area contributed by atoms with Crippen molar-refractivity contribution in [1.29, 1.82) is 0 Å². The van der Waals surface area contributed by atoms with Crippen molar-refractivity contribution in [2.24, 2.45) is 0 Å². The maximum absolute atomic E-state index is 11.0. The Balaban J connectivity index is 3.36. The molecule has 18 heavy (non-hydrogen) atoms. The molecule has 0 fully saturated rings. The first kappa shape index (κ1) is 16.4. The van der Waals surface area contributed by atoms with Crippen molar-refractivity contribution >= 4 is 17.7 Å². The lowest BCUT2D eigenvalue weighted by Crippen LogP contribution is -2.10. The van der Waals surface area contributed by atoms with Crippen LogP contribution in [-0.4, -0.2) is 30.9 Å². The molecule has 102 valence electrons. The van der Waals surface area contributed by atoms with Crippen molar-refractivity contribution in [2.75, 3.05) is 13.2 Å². The summed E-state index contributed by atoms with van der Waals surface area (Å²) in [5.74, 6) is -1.08. The van der Waals surface area contributed by atoms with Gasteiger partial charge in [-0.3, -0.25) is 9.59 Å². The van der Waals surface area contributed by atoms with Gasteiger partial charge in [-0.25, -0.2) is 4.79 Å². The third kappa shape index (κ3) is 9.57. The molecule has 0 aliphatic rings. The molecule has 5 nitrogen and oxygen atoms in total. The highest BCUT2D eigenvalue weighted by Gasteiger charge is 2.05. The van der Waals surface area contributed by atoms with Crippen LogP contribution in [0.2, 0.25) is 0 Å². The summed E-state index contributed by atoms with van der Waals surface area (Å²) in [7, 11) is 0. The third-order valence-corrected chi connectivity index (χ3v) is 2.03. The van der Waals surface area contributed by atoms with E-state index in [9.17, 15) is 14.4 Å². The van der Waals surface area contributed by atoms with E-state index in [1.807, 2.05) is 0 Å². The van der Waals surface area contributed by atoms with Crippen LogP contribution in [0.3, 0.4) is 0 Å². The largest absolute Gasteiger partial charge is 0.465 e. The van der Waals surface area contributed by atoms with Gasteiger partial charge in [-0.2, -0.15) is 0 Å². The predicted molar refractivity (Wildman–Crippen MR) is 65.9 cm³/mol. The number of ketones is 1. The van der Waals surface area contributed by atoms with E-state index in [0.29, 0.717) is 31.6 Å². The molecule has 0 aromatic carbocycles. The van der Waals surface area contributed by atoms with Crippen LogP contribution in [0.5, 0.6) is 0 Å². The quantitative estimate of drug-likeness (QED) is 0.272. The molecule has 0 aliphatic heterocycles. The maximum atomic E-state index is 11.0. The monoisotopic (exact) mass is 256 g/mol. The summed E-state index contributed by atoms with van der Waals surface area (Å²) >= 11 is 0. The first-order chi connectivity index (χ1) is 8.43. The van der Waals surface area contributed by atoms with Gasteiger partial charge in [-0.1, -0.05) is 6.58 Å². The summed E-state index contributed by atoms with van der Waals surface area (Å²) in [5.41, 5.74) is 0.383. The second kappa shape index (κ2) is 9.39. The Morgan fingerprint density at radius 2 is 1.50 bits per heavy atom. The van der Waals surface area contributed by atoms with Crippen molar-refractivity contribution in [1.82, 2.24) is 0 Å². The number of carbonyl (C=O) groups excluding carboxylic acids is 3. The van der Waals surface area contributed by atoms with Gasteiger partial charge in [-0.15, -0.1) is 0 Å². The Morgan fingerprint density at radius 1 is 0.944 bits per heavy atom. The smallest absolute Gasteiger partial charge is 0.333 e. The molecule has 0 bridgehead atoms. The van der Waals surface area contributed by atoms with Gasteiger partial charge < -0.3 is 9.47 Å². The van der Waals surface area contributed by atoms with Crippen molar-refractivity contribution < 1.29 is 23.9 Å². The number of ether oxygens (including phenoxy) is 2. The van der Waals surface area contributed by atoms with Crippen molar-refractivity contribution in [2.45, 2.75) is 39.5 Å². The van der Waals surface area contributed by atoms with Gasteiger partial charge in [0.2, 0.25) is 0 Å². The number of carbonyl (C=O) groups is 3. The maximum Gasteiger partial charge on any atom is 0.333 e. The van der Waals surface area contributed by atoms with Gasteiger partial charge in [0, 0.05) is 5.57 Å². The van der Waals surface area contributed by atoms with Gasteiger partial charge in [0.1, 0.15) is 12.2 Å². The van der Waals surface area contributed by atoms with E-state index in [2.05, 4.69) is 6.58 Å². The number of esters is 2. The molecule has 0 spiro atoms. The van der Waals surface area contributed by atoms with E-state index < -0.39 is 5.97 Å². The number of hydrogen-bond donors (Lipinski definition) is 0. The minimum absolute atomic E-state index is 0.170. The van der Waals surface area contributed by atoms with Crippen molar-refractivity contribution in [3.63, 3.8) is 0 Å². The van der Waals surface area contributed by atoms with E-state index in [1.165, 1.54) is 6.92 Å². The number of rotatable bonds is 9. The minimum atomic E-state index is -0.490. The predicted octanol–water partition coefficient (Wildman–Crippen LogP) is 1.80. The van der Waals surface area contributed by atoms with Crippen LogP contribution in [0.25, 0.3) is 0 Å². The Hall–Kier alpha value is -1.65. The van der Waals surface area contributed by atoms with E-state index in [-0.39, 0.29) is 18.2 Å². The third-order valence-electron chi connectivity index (χ3n) is 2.03. The van der Waals surface area contributed by atoms with Gasteiger partial charge in [0.25, 0.3) is 0 Å². The molecule has 0 aliphatic carbocycles. The molecule has 0 unspecified atom stereocenters. The molecule has 0 saturated heterocycles. The van der Waals surface area contributed by atoms with Crippen molar-refractivity contribution in [3.8, 4) is 0 Å². The second-order valence-electron chi connectivity index (χ2n) is 4.08. The topological polar surface area (TPSA) is 69.7 Å². The molecule has 0 saturated carbocycles. The molecule has 0 N–H and O–H groups in total. The molecule has 0 aromatic heterocycles. The second-order valence-corrected chi connectivity index (χ2v) is 4.08. The fraction of sp³-hybridized carbons (Fsp3) is 0.615. The molecule has 0 rings (SSSR count). The highest BCUT2D eigenvalue weighted by molar-refractivity contribution is 5.94. The first-order valence-electron chi connectivity index (χ1n) is 5.91. The van der Waals surface area contributed by atoms with Gasteiger partial charge in [0.05, 0.1) is 13.2 Å². The molecule has 0 aromatic rings. The molecule has 0 amide bonds. The zero-order valence-electron chi connectivity index (χ0n) is 11.0. The standard InChI is InChI=1S/C13H20O5/c1-10(2)13(16)18-8-6-4-5-7-17-12(15)9-11(3)14/h1,4-9H2,2-3H3. The van der Waals surface area contributed by atoms with Gasteiger partial charge >= 0.3 is 11.9 Å². The lowest BCUT2D eigenvalue weighted by Gasteiger charge is -2.05. The molecule has 0 atom stereocenters. The summed E-state index contributed by atoms with van der Waals surface area (Å²) in [6.07, 6.45) is 2.02. The Labute approximate surface area is 107 Å². The minimum Gasteiger partial charge on any atom is -0.465 e. The highest BCUT2D eigenvalue weighted by Crippen LogP contribution is 2.00. The summed E-state index contributed by atoms with van der Waals surface area (Å²) in [4.78, 5) is 32.6. The average molecular weight is 256 g/mol. The Kier molecular flexibility index (Phi) is 8.53. The molecule has 0 radical (unpaired) electrons. The zero-order valence-corrected chi connectivity index (χ0v) is 11.0. The fourth-order valence-electron chi connectivity index (χ4n) is 1.11. The van der Waals surface area contributed by atoms with Gasteiger partial charge in [-0.05, 0) is 33.1 Å². The zero-order chi connectivity index (χ0) is 14.0. The van der Waals surface area contributed by atoms with Crippen molar-refractivity contribution in [3.05, 3.63) is 12.2 Å². The van der Waals surface area contributed by atoms with E-state index in [4.69, 9.17) is 9.47 Å². The number of unbranched alkanes of at least 4 members (excludes halogenated alkanes) is 2. The SMILES string of the molecule is C=C(C)C(=O)OCCCCCOC(=O)CC(C)=O. The Bertz CT molecular complexity index is 319. The first-order valence-corrected chi connectivity index (χ1v) is 5.91. The van der Waals surface area contributed by atoms with Crippen LogP contribution in [0.4, 0.5) is 0 Å². The average Bonchev–Trinajstić information content (AvgIpc) is 2.26. The molecule has 5 heteroatoms. The summed E-state index contributed by atoms with van der Waals surface area (Å²) in [5, 5.41) is 0. The van der Waals surface area contributed by atoms with Crippen LogP contribution in [0.15, 0.2) is 12.2 Å². The summed E-state index contributed by atoms with van der Waals surface area (Å²) < 4.78 is 9.73. The van der Waals surface area contributed by atoms with Crippen LogP contribution in [0.1, 0.15) is 39.5 Å². The van der Waals surface area contributed by atoms with Crippen LogP contribution >= 0.6 is 0 Å².